The lowest BCUT2D eigenvalue weighted by Crippen LogP contribution is -2.36. The second-order valence-corrected chi connectivity index (χ2v) is 6.38. The summed E-state index contributed by atoms with van der Waals surface area (Å²) in [5.41, 5.74) is 4.81. The van der Waals surface area contributed by atoms with Gasteiger partial charge in [-0.3, -0.25) is 19.6 Å². The van der Waals surface area contributed by atoms with E-state index < -0.39 is 17.7 Å². The smallest absolute Gasteiger partial charge is 0.309 e. The number of hydrogen-bond donors (Lipinski definition) is 3. The highest BCUT2D eigenvalue weighted by Gasteiger charge is 2.13. The fraction of sp³-hybridized carbons (Fsp3) is 0.389. The van der Waals surface area contributed by atoms with Crippen LogP contribution in [0.4, 0.5) is 0 Å². The maximum Gasteiger partial charge on any atom is 0.309 e. The van der Waals surface area contributed by atoms with Crippen molar-refractivity contribution in [1.29, 1.82) is 0 Å². The van der Waals surface area contributed by atoms with Gasteiger partial charge in [-0.25, -0.2) is 0 Å². The van der Waals surface area contributed by atoms with Gasteiger partial charge >= 0.3 is 11.8 Å². The summed E-state index contributed by atoms with van der Waals surface area (Å²) in [4.78, 5) is 34.1. The molecule has 4 N–H and O–H groups in total. The number of hydrogen-bond acceptors (Lipinski definition) is 6. The third kappa shape index (κ3) is 9.53. The molecule has 0 unspecified atom stereocenters. The number of nitrogens with two attached hydrogens (primary N) is 1. The van der Waals surface area contributed by atoms with Crippen LogP contribution in [0.15, 0.2) is 29.2 Å². The molecule has 1 aromatic rings. The number of ether oxygens (including phenoxy) is 1. The quantitative estimate of drug-likeness (QED) is 0.138. The van der Waals surface area contributed by atoms with Crippen molar-refractivity contribution < 1.29 is 24.3 Å². The van der Waals surface area contributed by atoms with E-state index in [1.54, 1.807) is 31.2 Å². The fourth-order valence-corrected chi connectivity index (χ4v) is 2.55. The Kier molecular flexibility index (Phi) is 10.4. The molecular formula is C18H23N3O5S. The van der Waals surface area contributed by atoms with Crippen LogP contribution in [0.5, 0.6) is 5.75 Å². The molecule has 0 aliphatic rings. The SMILES string of the molecule is CC#CCOc1ccc(SN(O)C(=O)CCCCCNC(=O)C(N)=O)cc1. The van der Waals surface area contributed by atoms with E-state index in [1.807, 2.05) is 0 Å². The Labute approximate surface area is 162 Å². The molecule has 0 spiro atoms. The summed E-state index contributed by atoms with van der Waals surface area (Å²) < 4.78 is 5.99. The molecule has 1 rings (SSSR count). The molecule has 9 heteroatoms. The van der Waals surface area contributed by atoms with E-state index in [9.17, 15) is 19.6 Å². The predicted octanol–water partition coefficient (Wildman–Crippen LogP) is 1.48. The number of nitrogens with one attached hydrogen (secondary N) is 1. The van der Waals surface area contributed by atoms with Gasteiger partial charge < -0.3 is 15.8 Å². The Balaban J connectivity index is 2.24. The lowest BCUT2D eigenvalue weighted by Gasteiger charge is -2.13. The normalized spacial score (nSPS) is 9.70. The first-order chi connectivity index (χ1) is 12.9. The number of carbonyl (C=O) groups is 3. The zero-order valence-electron chi connectivity index (χ0n) is 15.1. The first-order valence-electron chi connectivity index (χ1n) is 8.34. The zero-order chi connectivity index (χ0) is 20.1. The molecule has 1 aromatic carbocycles. The minimum atomic E-state index is -1.02. The van der Waals surface area contributed by atoms with Gasteiger partial charge in [-0.05, 0) is 44.0 Å². The van der Waals surface area contributed by atoms with Crippen molar-refractivity contribution in [2.75, 3.05) is 13.2 Å². The van der Waals surface area contributed by atoms with Crippen LogP contribution in [0.2, 0.25) is 0 Å². The van der Waals surface area contributed by atoms with Gasteiger partial charge in [-0.1, -0.05) is 12.3 Å². The summed E-state index contributed by atoms with van der Waals surface area (Å²) >= 11 is 0.912. The van der Waals surface area contributed by atoms with E-state index in [4.69, 9.17) is 10.5 Å². The van der Waals surface area contributed by atoms with Crippen LogP contribution in [-0.2, 0) is 14.4 Å². The van der Waals surface area contributed by atoms with Crippen LogP contribution >= 0.6 is 11.9 Å². The van der Waals surface area contributed by atoms with Crippen molar-refractivity contribution in [3.63, 3.8) is 0 Å². The third-order valence-corrected chi connectivity index (χ3v) is 4.15. The summed E-state index contributed by atoms with van der Waals surface area (Å²) in [5, 5.41) is 12.2. The highest BCUT2D eigenvalue weighted by molar-refractivity contribution is 7.97. The molecule has 0 radical (unpaired) electrons. The molecule has 0 heterocycles. The molecule has 27 heavy (non-hydrogen) atoms. The molecule has 3 amide bonds. The van der Waals surface area contributed by atoms with Crippen molar-refractivity contribution >= 4 is 29.7 Å². The number of amides is 3. The van der Waals surface area contributed by atoms with Gasteiger partial charge in [0, 0.05) is 29.8 Å². The van der Waals surface area contributed by atoms with Crippen molar-refractivity contribution in [3.8, 4) is 17.6 Å². The summed E-state index contributed by atoms with van der Waals surface area (Å²) in [7, 11) is 0. The molecule has 0 aromatic heterocycles. The largest absolute Gasteiger partial charge is 0.481 e. The molecule has 0 bridgehead atoms. The van der Waals surface area contributed by atoms with Crippen molar-refractivity contribution in [2.45, 2.75) is 37.5 Å². The van der Waals surface area contributed by atoms with E-state index >= 15 is 0 Å². The average Bonchev–Trinajstić information content (AvgIpc) is 2.65. The van der Waals surface area contributed by atoms with Gasteiger partial charge in [0.2, 0.25) is 0 Å². The number of benzene rings is 1. The second kappa shape index (κ2) is 12.6. The van der Waals surface area contributed by atoms with Crippen molar-refractivity contribution in [2.24, 2.45) is 5.73 Å². The van der Waals surface area contributed by atoms with Gasteiger partial charge in [0.25, 0.3) is 5.91 Å². The number of nitrogens with zero attached hydrogens (tertiary/aromatic N) is 1. The van der Waals surface area contributed by atoms with Crippen LogP contribution in [0, 0.1) is 11.8 Å². The van der Waals surface area contributed by atoms with Crippen molar-refractivity contribution in [3.05, 3.63) is 24.3 Å². The monoisotopic (exact) mass is 393 g/mol. The molecule has 0 fully saturated rings. The third-order valence-electron chi connectivity index (χ3n) is 3.29. The molecule has 8 nitrogen and oxygen atoms in total. The van der Waals surface area contributed by atoms with Crippen LogP contribution < -0.4 is 15.8 Å². The van der Waals surface area contributed by atoms with E-state index in [1.165, 1.54) is 0 Å². The Morgan fingerprint density at radius 2 is 1.93 bits per heavy atom. The van der Waals surface area contributed by atoms with Crippen LogP contribution in [0.25, 0.3) is 0 Å². The van der Waals surface area contributed by atoms with Gasteiger partial charge in [-0.15, -0.1) is 5.92 Å². The predicted molar refractivity (Wildman–Crippen MR) is 101 cm³/mol. The topological polar surface area (TPSA) is 122 Å². The van der Waals surface area contributed by atoms with Gasteiger partial charge in [0.05, 0.1) is 0 Å². The average molecular weight is 393 g/mol. The Bertz CT molecular complexity index is 697. The first-order valence-corrected chi connectivity index (χ1v) is 9.11. The molecule has 146 valence electrons. The number of rotatable bonds is 10. The number of unbranched alkanes of at least 4 members (excludes halogenated alkanes) is 2. The van der Waals surface area contributed by atoms with Crippen LogP contribution in [0.1, 0.15) is 32.6 Å². The summed E-state index contributed by atoms with van der Waals surface area (Å²) in [6.07, 6.45) is 1.99. The molecule has 0 saturated heterocycles. The Morgan fingerprint density at radius 1 is 1.22 bits per heavy atom. The maximum absolute atomic E-state index is 11.9. The maximum atomic E-state index is 11.9. The highest BCUT2D eigenvalue weighted by Crippen LogP contribution is 2.24. The summed E-state index contributed by atoms with van der Waals surface area (Å²) in [6.45, 7) is 2.35. The molecule has 0 saturated carbocycles. The number of primary amides is 1. The number of hydroxylamine groups is 1. The molecule has 0 aliphatic heterocycles. The Morgan fingerprint density at radius 3 is 2.56 bits per heavy atom. The van der Waals surface area contributed by atoms with Crippen LogP contribution in [0.3, 0.4) is 0 Å². The molecular weight excluding hydrogens is 370 g/mol. The standard InChI is InChI=1S/C18H23N3O5S/c1-2-3-13-26-14-8-10-15(11-9-14)27-21(25)16(22)7-5-4-6-12-20-18(24)17(19)23/h8-11,25H,4-7,12-13H2,1H3,(H2,19,23)(H,20,24). The minimum Gasteiger partial charge on any atom is -0.481 e. The highest BCUT2D eigenvalue weighted by atomic mass is 32.2. The summed E-state index contributed by atoms with van der Waals surface area (Å²) in [6, 6.07) is 6.94. The number of carbonyl (C=O) groups excluding carboxylic acids is 3. The summed E-state index contributed by atoms with van der Waals surface area (Å²) in [5.74, 6) is 3.92. The van der Waals surface area contributed by atoms with E-state index in [0.717, 1.165) is 11.9 Å². The van der Waals surface area contributed by atoms with E-state index in [2.05, 4.69) is 17.2 Å². The van der Waals surface area contributed by atoms with Gasteiger partial charge in [-0.2, -0.15) is 4.47 Å². The van der Waals surface area contributed by atoms with E-state index in [-0.39, 0.29) is 6.42 Å². The van der Waals surface area contributed by atoms with Gasteiger partial charge in [0.15, 0.2) is 0 Å². The van der Waals surface area contributed by atoms with E-state index in [0.29, 0.717) is 47.5 Å². The lowest BCUT2D eigenvalue weighted by atomic mass is 10.2. The van der Waals surface area contributed by atoms with Crippen molar-refractivity contribution in [1.82, 2.24) is 9.79 Å². The fourth-order valence-electron chi connectivity index (χ4n) is 1.90. The Hall–Kier alpha value is -2.70. The van der Waals surface area contributed by atoms with Gasteiger partial charge in [0.1, 0.15) is 12.4 Å². The second-order valence-electron chi connectivity index (χ2n) is 5.38. The first kappa shape index (κ1) is 22.3. The zero-order valence-corrected chi connectivity index (χ0v) is 15.9. The lowest BCUT2D eigenvalue weighted by molar-refractivity contribution is -0.144. The molecule has 0 atom stereocenters. The molecule has 0 aliphatic carbocycles. The van der Waals surface area contributed by atoms with Crippen LogP contribution in [-0.4, -0.2) is 40.5 Å². The minimum absolute atomic E-state index is 0.171.